The van der Waals surface area contributed by atoms with E-state index >= 15 is 0 Å². The minimum Gasteiger partial charge on any atom is -0.495 e. The molecule has 7 heteroatoms. The molecule has 1 aromatic carbocycles. The van der Waals surface area contributed by atoms with Crippen LogP contribution in [0.2, 0.25) is 0 Å². The van der Waals surface area contributed by atoms with Crippen LogP contribution in [0.25, 0.3) is 0 Å². The van der Waals surface area contributed by atoms with Crippen molar-refractivity contribution in [2.75, 3.05) is 33.3 Å². The Bertz CT molecular complexity index is 772. The number of hydrogen-bond donors (Lipinski definition) is 0. The molecule has 1 saturated carbocycles. The van der Waals surface area contributed by atoms with Gasteiger partial charge in [0.1, 0.15) is 10.6 Å². The molecule has 138 valence electrons. The van der Waals surface area contributed by atoms with Gasteiger partial charge in [-0.25, -0.2) is 8.42 Å². The van der Waals surface area contributed by atoms with Crippen molar-refractivity contribution in [2.24, 2.45) is 5.92 Å². The van der Waals surface area contributed by atoms with Crippen LogP contribution in [0.3, 0.4) is 0 Å². The first kappa shape index (κ1) is 18.2. The molecule has 0 aromatic heterocycles. The third-order valence-corrected chi connectivity index (χ3v) is 6.80. The van der Waals surface area contributed by atoms with Gasteiger partial charge >= 0.3 is 0 Å². The Balaban J connectivity index is 1.84. The lowest BCUT2D eigenvalue weighted by molar-refractivity contribution is -0.132. The van der Waals surface area contributed by atoms with Gasteiger partial charge in [0, 0.05) is 32.1 Å². The molecule has 1 amide bonds. The van der Waals surface area contributed by atoms with Crippen molar-refractivity contribution in [1.82, 2.24) is 9.21 Å². The van der Waals surface area contributed by atoms with Crippen LogP contribution in [0.15, 0.2) is 17.0 Å². The molecule has 1 aromatic rings. The molecule has 0 N–H and O–H groups in total. The molecule has 0 spiro atoms. The maximum Gasteiger partial charge on any atom is 0.246 e. The second-order valence-corrected chi connectivity index (χ2v) is 8.88. The molecule has 3 rings (SSSR count). The molecule has 0 bridgehead atoms. The highest BCUT2D eigenvalue weighted by atomic mass is 32.2. The predicted molar refractivity (Wildman–Crippen MR) is 95.1 cm³/mol. The molecule has 2 aliphatic rings. The summed E-state index contributed by atoms with van der Waals surface area (Å²) in [5.41, 5.74) is 1.69. The van der Waals surface area contributed by atoms with Gasteiger partial charge in [-0.3, -0.25) is 4.79 Å². The normalized spacial score (nSPS) is 19.6. The summed E-state index contributed by atoms with van der Waals surface area (Å²) < 4.78 is 33.2. The Kier molecular flexibility index (Phi) is 5.06. The van der Waals surface area contributed by atoms with Crippen LogP contribution in [0, 0.1) is 19.8 Å². The van der Waals surface area contributed by atoms with Gasteiger partial charge in [0.05, 0.1) is 7.11 Å². The van der Waals surface area contributed by atoms with Gasteiger partial charge in [-0.15, -0.1) is 0 Å². The molecule has 1 aliphatic heterocycles. The molecule has 25 heavy (non-hydrogen) atoms. The first-order valence-electron chi connectivity index (χ1n) is 8.78. The highest BCUT2D eigenvalue weighted by Crippen LogP contribution is 2.33. The number of ether oxygens (including phenoxy) is 1. The number of rotatable bonds is 4. The maximum atomic E-state index is 13.2. The smallest absolute Gasteiger partial charge is 0.246 e. The van der Waals surface area contributed by atoms with E-state index in [1.807, 2.05) is 24.8 Å². The number of aryl methyl sites for hydroxylation is 2. The molecule has 6 nitrogen and oxygen atoms in total. The van der Waals surface area contributed by atoms with Crippen LogP contribution in [-0.4, -0.2) is 56.8 Å². The molecular formula is C18H26N2O4S. The summed E-state index contributed by atoms with van der Waals surface area (Å²) in [6, 6.07) is 3.58. The van der Waals surface area contributed by atoms with Crippen LogP contribution in [0.5, 0.6) is 5.75 Å². The lowest BCUT2D eigenvalue weighted by atomic mass is 10.1. The minimum atomic E-state index is -3.66. The molecule has 0 atom stereocenters. The zero-order chi connectivity index (χ0) is 18.2. The van der Waals surface area contributed by atoms with Crippen molar-refractivity contribution in [3.63, 3.8) is 0 Å². The average Bonchev–Trinajstić information content (AvgIpc) is 3.40. The lowest BCUT2D eigenvalue weighted by Gasteiger charge is -2.23. The fourth-order valence-electron chi connectivity index (χ4n) is 3.45. The second kappa shape index (κ2) is 6.96. The van der Waals surface area contributed by atoms with E-state index in [-0.39, 0.29) is 16.7 Å². The SMILES string of the molecule is COc1c(C)cc(C)cc1S(=O)(=O)N1CCCN(C(=O)C2CC2)CC1. The third kappa shape index (κ3) is 3.67. The number of amides is 1. The summed E-state index contributed by atoms with van der Waals surface area (Å²) in [5, 5.41) is 0. The van der Waals surface area contributed by atoms with E-state index < -0.39 is 10.0 Å². The van der Waals surface area contributed by atoms with Crippen LogP contribution < -0.4 is 4.74 Å². The number of carbonyl (C=O) groups excluding carboxylic acids is 1. The Labute approximate surface area is 149 Å². The lowest BCUT2D eigenvalue weighted by Crippen LogP contribution is -2.38. The molecule has 0 unspecified atom stereocenters. The van der Waals surface area contributed by atoms with E-state index in [4.69, 9.17) is 4.74 Å². The van der Waals surface area contributed by atoms with Crippen LogP contribution >= 0.6 is 0 Å². The summed E-state index contributed by atoms with van der Waals surface area (Å²) >= 11 is 0. The van der Waals surface area contributed by atoms with Crippen molar-refractivity contribution in [1.29, 1.82) is 0 Å². The largest absolute Gasteiger partial charge is 0.495 e. The van der Waals surface area contributed by atoms with Crippen molar-refractivity contribution >= 4 is 15.9 Å². The topological polar surface area (TPSA) is 66.9 Å². The Morgan fingerprint density at radius 1 is 1.12 bits per heavy atom. The number of benzene rings is 1. The van der Waals surface area contributed by atoms with E-state index in [0.29, 0.717) is 38.3 Å². The predicted octanol–water partition coefficient (Wildman–Crippen LogP) is 1.95. The number of nitrogens with zero attached hydrogens (tertiary/aromatic N) is 2. The van der Waals surface area contributed by atoms with Gasteiger partial charge in [-0.2, -0.15) is 4.31 Å². The fraction of sp³-hybridized carbons (Fsp3) is 0.611. The van der Waals surface area contributed by atoms with Crippen LogP contribution in [0.1, 0.15) is 30.4 Å². The van der Waals surface area contributed by atoms with Crippen LogP contribution in [-0.2, 0) is 14.8 Å². The molecule has 1 saturated heterocycles. The second-order valence-electron chi connectivity index (χ2n) is 6.97. The minimum absolute atomic E-state index is 0.169. The molecule has 1 aliphatic carbocycles. The number of methoxy groups -OCH3 is 1. The summed E-state index contributed by atoms with van der Waals surface area (Å²) in [6.07, 6.45) is 2.60. The standard InChI is InChI=1S/C18H26N2O4S/c1-13-11-14(2)17(24-3)16(12-13)25(22,23)20-8-4-7-19(9-10-20)18(21)15-5-6-15/h11-12,15H,4-10H2,1-3H3. The van der Waals surface area contributed by atoms with Crippen molar-refractivity contribution in [2.45, 2.75) is 38.0 Å². The van der Waals surface area contributed by atoms with Crippen molar-refractivity contribution < 1.29 is 17.9 Å². The van der Waals surface area contributed by atoms with Gasteiger partial charge < -0.3 is 9.64 Å². The highest BCUT2D eigenvalue weighted by Gasteiger charge is 2.36. The maximum absolute atomic E-state index is 13.2. The molecule has 1 heterocycles. The average molecular weight is 366 g/mol. The quantitative estimate of drug-likeness (QED) is 0.817. The summed E-state index contributed by atoms with van der Waals surface area (Å²) in [5.74, 6) is 0.756. The zero-order valence-electron chi connectivity index (χ0n) is 15.1. The monoisotopic (exact) mass is 366 g/mol. The zero-order valence-corrected chi connectivity index (χ0v) is 15.9. The van der Waals surface area contributed by atoms with Gasteiger partial charge in [0.15, 0.2) is 0 Å². The highest BCUT2D eigenvalue weighted by molar-refractivity contribution is 7.89. The first-order chi connectivity index (χ1) is 11.8. The van der Waals surface area contributed by atoms with Crippen molar-refractivity contribution in [3.05, 3.63) is 23.3 Å². The molecule has 0 radical (unpaired) electrons. The number of hydrogen-bond acceptors (Lipinski definition) is 4. The Morgan fingerprint density at radius 2 is 1.84 bits per heavy atom. The summed E-state index contributed by atoms with van der Waals surface area (Å²) in [7, 11) is -2.16. The van der Waals surface area contributed by atoms with Gasteiger partial charge in [-0.05, 0) is 50.3 Å². The summed E-state index contributed by atoms with van der Waals surface area (Å²) in [6.45, 7) is 5.57. The van der Waals surface area contributed by atoms with Gasteiger partial charge in [0.25, 0.3) is 0 Å². The van der Waals surface area contributed by atoms with Crippen LogP contribution in [0.4, 0.5) is 0 Å². The Hall–Kier alpha value is -1.60. The van der Waals surface area contributed by atoms with E-state index in [0.717, 1.165) is 24.0 Å². The molecular weight excluding hydrogens is 340 g/mol. The third-order valence-electron chi connectivity index (χ3n) is 4.90. The van der Waals surface area contributed by atoms with E-state index in [1.165, 1.54) is 11.4 Å². The van der Waals surface area contributed by atoms with E-state index in [9.17, 15) is 13.2 Å². The van der Waals surface area contributed by atoms with Gasteiger partial charge in [0.2, 0.25) is 15.9 Å². The molecule has 2 fully saturated rings. The summed E-state index contributed by atoms with van der Waals surface area (Å²) in [4.78, 5) is 14.3. The van der Waals surface area contributed by atoms with Gasteiger partial charge in [-0.1, -0.05) is 6.07 Å². The first-order valence-corrected chi connectivity index (χ1v) is 10.2. The fourth-order valence-corrected chi connectivity index (χ4v) is 5.23. The Morgan fingerprint density at radius 3 is 2.48 bits per heavy atom. The number of sulfonamides is 1. The van der Waals surface area contributed by atoms with E-state index in [1.54, 1.807) is 6.07 Å². The van der Waals surface area contributed by atoms with E-state index in [2.05, 4.69) is 0 Å². The van der Waals surface area contributed by atoms with Crippen molar-refractivity contribution in [3.8, 4) is 5.75 Å². The number of carbonyl (C=O) groups is 1.